The zero-order valence-electron chi connectivity index (χ0n) is 11.6. The van der Waals surface area contributed by atoms with Crippen LogP contribution in [0.15, 0.2) is 12.4 Å². The van der Waals surface area contributed by atoms with E-state index in [-0.39, 0.29) is 0 Å². The molecule has 4 nitrogen and oxygen atoms in total. The lowest BCUT2D eigenvalue weighted by Gasteiger charge is -2.26. The third-order valence-corrected chi connectivity index (χ3v) is 4.00. The Kier molecular flexibility index (Phi) is 4.40. The Balaban J connectivity index is 1.98. The molecule has 0 spiro atoms. The van der Waals surface area contributed by atoms with Crippen LogP contribution in [0.4, 0.5) is 0 Å². The predicted octanol–water partition coefficient (Wildman–Crippen LogP) is 1.68. The molecule has 0 radical (unpaired) electrons. The molecule has 0 amide bonds. The average molecular weight is 251 g/mol. The number of nitrogens with zero attached hydrogens (tertiary/aromatic N) is 3. The molecule has 1 saturated heterocycles. The molecule has 0 bridgehead atoms. The molecule has 4 heteroatoms. The van der Waals surface area contributed by atoms with Crippen LogP contribution in [-0.2, 0) is 13.0 Å². The van der Waals surface area contributed by atoms with Crippen LogP contribution in [0.25, 0.3) is 0 Å². The summed E-state index contributed by atoms with van der Waals surface area (Å²) in [6, 6.07) is 0. The van der Waals surface area contributed by atoms with Gasteiger partial charge in [-0.15, -0.1) is 0 Å². The maximum atomic E-state index is 10.7. The van der Waals surface area contributed by atoms with Gasteiger partial charge in [0.25, 0.3) is 0 Å². The molecule has 18 heavy (non-hydrogen) atoms. The van der Waals surface area contributed by atoms with Gasteiger partial charge in [-0.05, 0) is 44.8 Å². The molecular formula is C14H25N3O. The van der Waals surface area contributed by atoms with E-state index in [0.717, 1.165) is 57.4 Å². The fraction of sp³-hybridized carbons (Fsp3) is 0.786. The number of rotatable bonds is 4. The maximum Gasteiger partial charge on any atom is 0.0701 e. The van der Waals surface area contributed by atoms with E-state index in [2.05, 4.69) is 30.0 Å². The van der Waals surface area contributed by atoms with Gasteiger partial charge in [-0.3, -0.25) is 4.68 Å². The summed E-state index contributed by atoms with van der Waals surface area (Å²) >= 11 is 0. The highest BCUT2D eigenvalue weighted by Crippen LogP contribution is 2.26. The van der Waals surface area contributed by atoms with Crippen LogP contribution in [0, 0.1) is 0 Å². The van der Waals surface area contributed by atoms with Crippen LogP contribution in [0.5, 0.6) is 0 Å². The Morgan fingerprint density at radius 3 is 2.78 bits per heavy atom. The number of aromatic nitrogens is 2. The Labute approximate surface area is 110 Å². The molecule has 1 aromatic heterocycles. The first kappa shape index (κ1) is 13.6. The molecule has 0 saturated carbocycles. The monoisotopic (exact) mass is 251 g/mol. The molecule has 1 aliphatic rings. The Morgan fingerprint density at radius 2 is 2.11 bits per heavy atom. The molecule has 1 aromatic rings. The normalized spacial score (nSPS) is 26.2. The molecule has 2 rings (SSSR count). The van der Waals surface area contributed by atoms with Crippen molar-refractivity contribution < 1.29 is 5.11 Å². The van der Waals surface area contributed by atoms with E-state index in [1.807, 2.05) is 10.9 Å². The lowest BCUT2D eigenvalue weighted by Crippen LogP contribution is -2.33. The Bertz CT molecular complexity index is 377. The van der Waals surface area contributed by atoms with Gasteiger partial charge in [-0.1, -0.05) is 6.92 Å². The van der Waals surface area contributed by atoms with E-state index in [0.29, 0.717) is 0 Å². The van der Waals surface area contributed by atoms with Gasteiger partial charge in [0.2, 0.25) is 0 Å². The molecule has 102 valence electrons. The van der Waals surface area contributed by atoms with Gasteiger partial charge >= 0.3 is 0 Å². The number of aliphatic hydroxyl groups is 1. The van der Waals surface area contributed by atoms with Gasteiger partial charge in [-0.25, -0.2) is 0 Å². The summed E-state index contributed by atoms with van der Waals surface area (Å²) in [6.07, 6.45) is 7.56. The Morgan fingerprint density at radius 1 is 1.28 bits per heavy atom. The van der Waals surface area contributed by atoms with E-state index in [9.17, 15) is 5.11 Å². The van der Waals surface area contributed by atoms with E-state index in [1.165, 1.54) is 0 Å². The van der Waals surface area contributed by atoms with Crippen molar-refractivity contribution in [3.05, 3.63) is 18.0 Å². The topological polar surface area (TPSA) is 41.3 Å². The van der Waals surface area contributed by atoms with Crippen LogP contribution < -0.4 is 0 Å². The van der Waals surface area contributed by atoms with Gasteiger partial charge in [0.15, 0.2) is 0 Å². The summed E-state index contributed by atoms with van der Waals surface area (Å²) in [5, 5.41) is 15.0. The Hall–Kier alpha value is -0.870. The second kappa shape index (κ2) is 5.85. The van der Waals surface area contributed by atoms with Crippen molar-refractivity contribution in [2.45, 2.75) is 51.7 Å². The first-order chi connectivity index (χ1) is 8.65. The van der Waals surface area contributed by atoms with Gasteiger partial charge < -0.3 is 10.0 Å². The third kappa shape index (κ3) is 3.33. The van der Waals surface area contributed by atoms with Crippen LogP contribution in [0.3, 0.4) is 0 Å². The van der Waals surface area contributed by atoms with Crippen molar-refractivity contribution in [1.82, 2.24) is 14.7 Å². The molecule has 1 atom stereocenters. The summed E-state index contributed by atoms with van der Waals surface area (Å²) in [4.78, 5) is 2.42. The zero-order valence-corrected chi connectivity index (χ0v) is 11.6. The summed E-state index contributed by atoms with van der Waals surface area (Å²) in [6.45, 7) is 8.37. The summed E-state index contributed by atoms with van der Waals surface area (Å²) in [5.41, 5.74) is 0.621. The zero-order chi connectivity index (χ0) is 13.0. The minimum atomic E-state index is -0.536. The highest BCUT2D eigenvalue weighted by molar-refractivity contribution is 5.09. The first-order valence-corrected chi connectivity index (χ1v) is 7.11. The summed E-state index contributed by atoms with van der Waals surface area (Å²) in [5.74, 6) is 0. The third-order valence-electron chi connectivity index (χ3n) is 4.00. The van der Waals surface area contributed by atoms with E-state index >= 15 is 0 Å². The molecule has 1 aliphatic heterocycles. The minimum absolute atomic E-state index is 0.536. The highest BCUT2D eigenvalue weighted by atomic mass is 16.3. The van der Waals surface area contributed by atoms with Crippen LogP contribution in [-0.4, -0.2) is 45.0 Å². The molecule has 0 aromatic carbocycles. The van der Waals surface area contributed by atoms with E-state index < -0.39 is 5.60 Å². The van der Waals surface area contributed by atoms with E-state index in [1.54, 1.807) is 0 Å². The van der Waals surface area contributed by atoms with Crippen molar-refractivity contribution in [2.75, 3.05) is 19.6 Å². The minimum Gasteiger partial charge on any atom is -0.389 e. The second-order valence-electron chi connectivity index (χ2n) is 5.39. The van der Waals surface area contributed by atoms with Crippen LogP contribution in [0.2, 0.25) is 0 Å². The SMILES string of the molecule is CCN1CCCC(O)(Cc2cnn(CC)c2)CC1. The summed E-state index contributed by atoms with van der Waals surface area (Å²) in [7, 11) is 0. The molecule has 2 heterocycles. The van der Waals surface area contributed by atoms with Crippen molar-refractivity contribution in [2.24, 2.45) is 0 Å². The smallest absolute Gasteiger partial charge is 0.0701 e. The maximum absolute atomic E-state index is 10.7. The lowest BCUT2D eigenvalue weighted by molar-refractivity contribution is 0.0258. The van der Waals surface area contributed by atoms with Crippen molar-refractivity contribution in [1.29, 1.82) is 0 Å². The number of hydrogen-bond donors (Lipinski definition) is 1. The lowest BCUT2D eigenvalue weighted by atomic mass is 9.89. The van der Waals surface area contributed by atoms with Crippen LogP contribution >= 0.6 is 0 Å². The van der Waals surface area contributed by atoms with Crippen molar-refractivity contribution in [3.8, 4) is 0 Å². The molecular weight excluding hydrogens is 226 g/mol. The fourth-order valence-electron chi connectivity index (χ4n) is 2.78. The highest BCUT2D eigenvalue weighted by Gasteiger charge is 2.30. The van der Waals surface area contributed by atoms with Gasteiger partial charge in [-0.2, -0.15) is 5.10 Å². The van der Waals surface area contributed by atoms with Crippen molar-refractivity contribution >= 4 is 0 Å². The van der Waals surface area contributed by atoms with Gasteiger partial charge in [0.05, 0.1) is 11.8 Å². The first-order valence-electron chi connectivity index (χ1n) is 7.11. The molecule has 1 fully saturated rings. The molecule has 1 unspecified atom stereocenters. The predicted molar refractivity (Wildman–Crippen MR) is 72.5 cm³/mol. The van der Waals surface area contributed by atoms with Crippen molar-refractivity contribution in [3.63, 3.8) is 0 Å². The quantitative estimate of drug-likeness (QED) is 0.885. The van der Waals surface area contributed by atoms with Gasteiger partial charge in [0, 0.05) is 25.7 Å². The number of likely N-dealkylation sites (tertiary alicyclic amines) is 1. The fourth-order valence-corrected chi connectivity index (χ4v) is 2.78. The van der Waals surface area contributed by atoms with Crippen LogP contribution in [0.1, 0.15) is 38.7 Å². The molecule has 1 N–H and O–H groups in total. The second-order valence-corrected chi connectivity index (χ2v) is 5.39. The number of aryl methyl sites for hydroxylation is 1. The largest absolute Gasteiger partial charge is 0.389 e. The standard InChI is InChI=1S/C14H25N3O/c1-3-16-8-5-6-14(18,7-9-16)10-13-11-15-17(4-2)12-13/h11-12,18H,3-10H2,1-2H3. The van der Waals surface area contributed by atoms with E-state index in [4.69, 9.17) is 0 Å². The number of hydrogen-bond acceptors (Lipinski definition) is 3. The average Bonchev–Trinajstić information content (AvgIpc) is 2.72. The summed E-state index contributed by atoms with van der Waals surface area (Å²) < 4.78 is 1.92. The van der Waals surface area contributed by atoms with Gasteiger partial charge in [0.1, 0.15) is 0 Å². The molecule has 0 aliphatic carbocycles.